The first-order valence-corrected chi connectivity index (χ1v) is 9.88. The van der Waals surface area contributed by atoms with Gasteiger partial charge in [-0.05, 0) is 55.0 Å². The minimum absolute atomic E-state index is 0.0352. The summed E-state index contributed by atoms with van der Waals surface area (Å²) in [7, 11) is 0. The second-order valence-electron chi connectivity index (χ2n) is 6.55. The largest absolute Gasteiger partial charge is 0.486 e. The third-order valence-electron chi connectivity index (χ3n) is 4.75. The minimum Gasteiger partial charge on any atom is -0.486 e. The van der Waals surface area contributed by atoms with E-state index >= 15 is 0 Å². The van der Waals surface area contributed by atoms with Gasteiger partial charge in [0.15, 0.2) is 11.5 Å². The van der Waals surface area contributed by atoms with Crippen molar-refractivity contribution in [2.24, 2.45) is 0 Å². The topological polar surface area (TPSA) is 95.1 Å². The predicted molar refractivity (Wildman–Crippen MR) is 105 cm³/mol. The Kier molecular flexibility index (Phi) is 5.01. The van der Waals surface area contributed by atoms with Crippen molar-refractivity contribution in [1.29, 1.82) is 10.5 Å². The number of nitrogens with one attached hydrogen (secondary N) is 1. The van der Waals surface area contributed by atoms with Gasteiger partial charge in [-0.1, -0.05) is 6.07 Å². The fourth-order valence-corrected chi connectivity index (χ4v) is 4.64. The lowest BCUT2D eigenvalue weighted by Gasteiger charge is -2.18. The minimum atomic E-state index is -0.521. The number of hydrogen-bond acceptors (Lipinski definition) is 6. The number of rotatable bonds is 3. The van der Waals surface area contributed by atoms with Gasteiger partial charge >= 0.3 is 0 Å². The number of benzene rings is 1. The molecule has 0 saturated heterocycles. The highest BCUT2D eigenvalue weighted by Crippen LogP contribution is 2.38. The molecule has 0 spiro atoms. The molecule has 0 radical (unpaired) electrons. The summed E-state index contributed by atoms with van der Waals surface area (Å²) in [6.45, 7) is 0.964. The average molecular weight is 391 g/mol. The summed E-state index contributed by atoms with van der Waals surface area (Å²) in [5.74, 6) is 0.720. The predicted octanol–water partition coefficient (Wildman–Crippen LogP) is 3.82. The van der Waals surface area contributed by atoms with E-state index in [4.69, 9.17) is 9.47 Å². The number of ether oxygens (including phenoxy) is 2. The van der Waals surface area contributed by atoms with Crippen molar-refractivity contribution >= 4 is 28.3 Å². The Hall–Kier alpha value is -3.29. The summed E-state index contributed by atoms with van der Waals surface area (Å²) in [5.41, 5.74) is 2.21. The Morgan fingerprint density at radius 2 is 1.93 bits per heavy atom. The van der Waals surface area contributed by atoms with Crippen LogP contribution in [0.3, 0.4) is 0 Å². The number of nitrogens with zero attached hydrogens (tertiary/aromatic N) is 2. The maximum atomic E-state index is 12.7. The SMILES string of the molecule is N#C/C(=C\c1ccc2c(c1)OCCO2)C(=O)Nc1sc2c(c1C#N)CCCC2. The summed E-state index contributed by atoms with van der Waals surface area (Å²) < 4.78 is 11.0. The van der Waals surface area contributed by atoms with Gasteiger partial charge in [-0.2, -0.15) is 10.5 Å². The Morgan fingerprint density at radius 3 is 2.71 bits per heavy atom. The first-order valence-electron chi connectivity index (χ1n) is 9.07. The molecule has 2 heterocycles. The molecule has 140 valence electrons. The summed E-state index contributed by atoms with van der Waals surface area (Å²) in [6.07, 6.45) is 5.46. The van der Waals surface area contributed by atoms with Crippen LogP contribution >= 0.6 is 11.3 Å². The van der Waals surface area contributed by atoms with Crippen LogP contribution in [0.4, 0.5) is 5.00 Å². The van der Waals surface area contributed by atoms with Crippen LogP contribution in [0.5, 0.6) is 11.5 Å². The van der Waals surface area contributed by atoms with Crippen LogP contribution in [0.15, 0.2) is 23.8 Å². The standard InChI is InChI=1S/C21H17N3O3S/c22-11-14(9-13-5-6-17-18(10-13)27-8-7-26-17)20(25)24-21-16(12-23)15-3-1-2-4-19(15)28-21/h5-6,9-10H,1-4,7-8H2,(H,24,25)/b14-9+. The van der Waals surface area contributed by atoms with Crippen LogP contribution < -0.4 is 14.8 Å². The molecule has 0 fully saturated rings. The fourth-order valence-electron chi connectivity index (χ4n) is 3.41. The number of carbonyl (C=O) groups is 1. The number of fused-ring (bicyclic) bond motifs is 2. The van der Waals surface area contributed by atoms with E-state index in [1.807, 2.05) is 6.07 Å². The van der Waals surface area contributed by atoms with Gasteiger partial charge in [0.2, 0.25) is 0 Å². The van der Waals surface area contributed by atoms with E-state index in [-0.39, 0.29) is 5.57 Å². The molecule has 7 heteroatoms. The molecular formula is C21H17N3O3S. The molecule has 1 aliphatic carbocycles. The maximum Gasteiger partial charge on any atom is 0.266 e. The zero-order valence-corrected chi connectivity index (χ0v) is 15.9. The van der Waals surface area contributed by atoms with E-state index < -0.39 is 5.91 Å². The van der Waals surface area contributed by atoms with Crippen molar-refractivity contribution in [3.63, 3.8) is 0 Å². The number of amides is 1. The van der Waals surface area contributed by atoms with E-state index in [1.165, 1.54) is 17.4 Å². The van der Waals surface area contributed by atoms with Gasteiger partial charge in [0, 0.05) is 4.88 Å². The van der Waals surface area contributed by atoms with Gasteiger partial charge < -0.3 is 14.8 Å². The third kappa shape index (κ3) is 3.45. The molecule has 1 amide bonds. The summed E-state index contributed by atoms with van der Waals surface area (Å²) in [5, 5.41) is 22.3. The first-order chi connectivity index (χ1) is 13.7. The van der Waals surface area contributed by atoms with Crippen LogP contribution in [0, 0.1) is 22.7 Å². The van der Waals surface area contributed by atoms with Gasteiger partial charge in [0.05, 0.1) is 5.56 Å². The second kappa shape index (κ2) is 7.75. The van der Waals surface area contributed by atoms with Crippen molar-refractivity contribution in [2.45, 2.75) is 25.7 Å². The molecule has 0 saturated carbocycles. The maximum absolute atomic E-state index is 12.7. The van der Waals surface area contributed by atoms with E-state index in [2.05, 4.69) is 11.4 Å². The molecule has 1 N–H and O–H groups in total. The zero-order chi connectivity index (χ0) is 19.5. The van der Waals surface area contributed by atoms with Crippen LogP contribution in [-0.4, -0.2) is 19.1 Å². The Morgan fingerprint density at radius 1 is 1.14 bits per heavy atom. The smallest absolute Gasteiger partial charge is 0.266 e. The van der Waals surface area contributed by atoms with Crippen LogP contribution in [-0.2, 0) is 17.6 Å². The highest BCUT2D eigenvalue weighted by molar-refractivity contribution is 7.16. The number of carbonyl (C=O) groups excluding carboxylic acids is 1. The lowest BCUT2D eigenvalue weighted by molar-refractivity contribution is -0.112. The molecule has 1 aromatic carbocycles. The molecule has 0 atom stereocenters. The van der Waals surface area contributed by atoms with E-state index in [0.717, 1.165) is 36.1 Å². The van der Waals surface area contributed by atoms with E-state index in [0.29, 0.717) is 40.8 Å². The Labute approximate surface area is 166 Å². The van der Waals surface area contributed by atoms with Crippen molar-refractivity contribution in [3.05, 3.63) is 45.3 Å². The summed E-state index contributed by atoms with van der Waals surface area (Å²) >= 11 is 1.44. The van der Waals surface area contributed by atoms with E-state index in [9.17, 15) is 15.3 Å². The van der Waals surface area contributed by atoms with Gasteiger partial charge in [-0.3, -0.25) is 4.79 Å². The zero-order valence-electron chi connectivity index (χ0n) is 15.1. The monoisotopic (exact) mass is 391 g/mol. The highest BCUT2D eigenvalue weighted by Gasteiger charge is 2.23. The molecule has 2 aromatic rings. The molecule has 1 aromatic heterocycles. The van der Waals surface area contributed by atoms with Crippen molar-refractivity contribution in [1.82, 2.24) is 0 Å². The van der Waals surface area contributed by atoms with Crippen molar-refractivity contribution < 1.29 is 14.3 Å². The third-order valence-corrected chi connectivity index (χ3v) is 5.96. The number of nitriles is 2. The Bertz CT molecular complexity index is 1060. The summed E-state index contributed by atoms with van der Waals surface area (Å²) in [6, 6.07) is 9.43. The second-order valence-corrected chi connectivity index (χ2v) is 7.66. The lowest BCUT2D eigenvalue weighted by Crippen LogP contribution is -2.15. The number of thiophene rings is 1. The quantitative estimate of drug-likeness (QED) is 0.634. The lowest BCUT2D eigenvalue weighted by atomic mass is 9.96. The molecule has 2 aliphatic rings. The van der Waals surface area contributed by atoms with E-state index in [1.54, 1.807) is 18.2 Å². The van der Waals surface area contributed by atoms with Crippen molar-refractivity contribution in [3.8, 4) is 23.6 Å². The molecule has 0 unspecified atom stereocenters. The molecule has 6 nitrogen and oxygen atoms in total. The molecule has 0 bridgehead atoms. The number of anilines is 1. The van der Waals surface area contributed by atoms with Crippen LogP contribution in [0.1, 0.15) is 34.4 Å². The normalized spacial score (nSPS) is 15.1. The number of hydrogen-bond donors (Lipinski definition) is 1. The first kappa shape index (κ1) is 18.1. The van der Waals surface area contributed by atoms with Crippen molar-refractivity contribution in [2.75, 3.05) is 18.5 Å². The fraction of sp³-hybridized carbons (Fsp3) is 0.286. The van der Waals surface area contributed by atoms with Gasteiger partial charge in [-0.25, -0.2) is 0 Å². The van der Waals surface area contributed by atoms with Gasteiger partial charge in [0.25, 0.3) is 5.91 Å². The molecule has 1 aliphatic heterocycles. The molecule has 28 heavy (non-hydrogen) atoms. The molecule has 4 rings (SSSR count). The average Bonchev–Trinajstić information content (AvgIpc) is 3.08. The Balaban J connectivity index is 1.59. The molecular weight excluding hydrogens is 374 g/mol. The summed E-state index contributed by atoms with van der Waals surface area (Å²) in [4.78, 5) is 13.8. The van der Waals surface area contributed by atoms with Gasteiger partial charge in [-0.15, -0.1) is 11.3 Å². The van der Waals surface area contributed by atoms with Crippen LogP contribution in [0.2, 0.25) is 0 Å². The highest BCUT2D eigenvalue weighted by atomic mass is 32.1. The number of aryl methyl sites for hydroxylation is 1. The van der Waals surface area contributed by atoms with Gasteiger partial charge in [0.1, 0.15) is 35.9 Å². The van der Waals surface area contributed by atoms with Crippen LogP contribution in [0.25, 0.3) is 6.08 Å².